The maximum atomic E-state index is 11.9. The van der Waals surface area contributed by atoms with Crippen molar-refractivity contribution < 1.29 is 14.3 Å². The molecule has 1 aromatic carbocycles. The number of hydrogen-bond donors (Lipinski definition) is 1. The number of ether oxygens (including phenoxy) is 1. The molecule has 2 unspecified atom stereocenters. The minimum absolute atomic E-state index is 0.0186. The molecule has 2 rings (SSSR count). The zero-order chi connectivity index (χ0) is 13.1. The number of benzene rings is 1. The second kappa shape index (κ2) is 5.31. The first-order valence-corrected chi connectivity index (χ1v) is 6.09. The fourth-order valence-electron chi connectivity index (χ4n) is 2.03. The fourth-order valence-corrected chi connectivity index (χ4v) is 2.03. The van der Waals surface area contributed by atoms with Crippen LogP contribution in [0.15, 0.2) is 24.3 Å². The van der Waals surface area contributed by atoms with Crippen LogP contribution in [0.1, 0.15) is 30.6 Å². The summed E-state index contributed by atoms with van der Waals surface area (Å²) in [5, 5.41) is 2.84. The lowest BCUT2D eigenvalue weighted by molar-refractivity contribution is -0.119. The van der Waals surface area contributed by atoms with Gasteiger partial charge in [-0.15, -0.1) is 0 Å². The standard InChI is InChI=1S/C14H17NO3/c1-9-7-12(8-18-9)14(17)15-13-5-3-11(4-6-13)10(2)16/h3-6,9,12H,7-8H2,1-2H3,(H,15,17). The van der Waals surface area contributed by atoms with Crippen LogP contribution in [0.5, 0.6) is 0 Å². The van der Waals surface area contributed by atoms with Gasteiger partial charge in [0.1, 0.15) is 0 Å². The first-order chi connectivity index (χ1) is 8.56. The van der Waals surface area contributed by atoms with Crippen molar-refractivity contribution in [3.63, 3.8) is 0 Å². The van der Waals surface area contributed by atoms with Gasteiger partial charge in [0.25, 0.3) is 0 Å². The zero-order valence-corrected chi connectivity index (χ0v) is 10.6. The molecule has 1 fully saturated rings. The third-order valence-corrected chi connectivity index (χ3v) is 3.13. The third-order valence-electron chi connectivity index (χ3n) is 3.13. The third kappa shape index (κ3) is 2.96. The molecule has 2 atom stereocenters. The molecule has 1 aliphatic heterocycles. The van der Waals surface area contributed by atoms with Gasteiger partial charge < -0.3 is 10.1 Å². The number of hydrogen-bond acceptors (Lipinski definition) is 3. The highest BCUT2D eigenvalue weighted by Crippen LogP contribution is 2.21. The fraction of sp³-hybridized carbons (Fsp3) is 0.429. The summed E-state index contributed by atoms with van der Waals surface area (Å²) in [6.07, 6.45) is 0.915. The van der Waals surface area contributed by atoms with Crippen molar-refractivity contribution in [2.24, 2.45) is 5.92 Å². The van der Waals surface area contributed by atoms with Crippen molar-refractivity contribution in [2.45, 2.75) is 26.4 Å². The van der Waals surface area contributed by atoms with Crippen molar-refractivity contribution in [3.8, 4) is 0 Å². The average Bonchev–Trinajstić information content (AvgIpc) is 2.76. The van der Waals surface area contributed by atoms with Crippen molar-refractivity contribution >= 4 is 17.4 Å². The highest BCUT2D eigenvalue weighted by atomic mass is 16.5. The van der Waals surface area contributed by atoms with E-state index in [4.69, 9.17) is 4.74 Å². The van der Waals surface area contributed by atoms with Crippen LogP contribution in [0.2, 0.25) is 0 Å². The minimum atomic E-state index is -0.0764. The Morgan fingerprint density at radius 2 is 1.94 bits per heavy atom. The lowest BCUT2D eigenvalue weighted by atomic mass is 10.1. The Balaban J connectivity index is 1.97. The van der Waals surface area contributed by atoms with E-state index in [1.54, 1.807) is 24.3 Å². The summed E-state index contributed by atoms with van der Waals surface area (Å²) in [6.45, 7) is 3.97. The number of amides is 1. The zero-order valence-electron chi connectivity index (χ0n) is 10.6. The largest absolute Gasteiger partial charge is 0.378 e. The van der Waals surface area contributed by atoms with Crippen molar-refractivity contribution in [1.29, 1.82) is 0 Å². The van der Waals surface area contributed by atoms with Crippen LogP contribution < -0.4 is 5.32 Å². The molecule has 0 saturated carbocycles. The summed E-state index contributed by atoms with van der Waals surface area (Å²) < 4.78 is 5.37. The number of carbonyl (C=O) groups is 2. The molecule has 0 aromatic heterocycles. The van der Waals surface area contributed by atoms with Gasteiger partial charge in [0.2, 0.25) is 5.91 Å². The molecule has 0 spiro atoms. The second-order valence-corrected chi connectivity index (χ2v) is 4.70. The van der Waals surface area contributed by atoms with E-state index >= 15 is 0 Å². The van der Waals surface area contributed by atoms with Crippen LogP contribution in [0.3, 0.4) is 0 Å². The van der Waals surface area contributed by atoms with Crippen LogP contribution in [0.4, 0.5) is 5.69 Å². The van der Waals surface area contributed by atoms with E-state index < -0.39 is 0 Å². The predicted molar refractivity (Wildman–Crippen MR) is 68.6 cm³/mol. The first-order valence-electron chi connectivity index (χ1n) is 6.09. The molecule has 1 amide bonds. The maximum Gasteiger partial charge on any atom is 0.229 e. The molecule has 96 valence electrons. The monoisotopic (exact) mass is 247 g/mol. The van der Waals surface area contributed by atoms with Crippen LogP contribution >= 0.6 is 0 Å². The Hall–Kier alpha value is -1.68. The van der Waals surface area contributed by atoms with Crippen LogP contribution in [0.25, 0.3) is 0 Å². The van der Waals surface area contributed by atoms with E-state index in [-0.39, 0.29) is 23.7 Å². The molecular formula is C14H17NO3. The summed E-state index contributed by atoms with van der Waals surface area (Å²) >= 11 is 0. The Morgan fingerprint density at radius 1 is 1.28 bits per heavy atom. The summed E-state index contributed by atoms with van der Waals surface area (Å²) in [4.78, 5) is 23.0. The molecule has 1 N–H and O–H groups in total. The lowest BCUT2D eigenvalue weighted by Gasteiger charge is -2.09. The molecule has 0 bridgehead atoms. The van der Waals surface area contributed by atoms with Gasteiger partial charge in [-0.05, 0) is 44.5 Å². The van der Waals surface area contributed by atoms with E-state index in [0.29, 0.717) is 17.9 Å². The molecule has 1 aliphatic rings. The van der Waals surface area contributed by atoms with Gasteiger partial charge in [-0.2, -0.15) is 0 Å². The van der Waals surface area contributed by atoms with E-state index in [9.17, 15) is 9.59 Å². The Kier molecular flexibility index (Phi) is 3.77. The number of carbonyl (C=O) groups excluding carboxylic acids is 2. The molecular weight excluding hydrogens is 230 g/mol. The summed E-state index contributed by atoms with van der Waals surface area (Å²) in [5.74, 6) is -0.0756. The highest BCUT2D eigenvalue weighted by Gasteiger charge is 2.28. The number of ketones is 1. The maximum absolute atomic E-state index is 11.9. The normalized spacial score (nSPS) is 22.8. The average molecular weight is 247 g/mol. The number of anilines is 1. The second-order valence-electron chi connectivity index (χ2n) is 4.70. The topological polar surface area (TPSA) is 55.4 Å². The molecule has 0 radical (unpaired) electrons. The molecule has 1 heterocycles. The van der Waals surface area contributed by atoms with E-state index in [1.807, 2.05) is 6.92 Å². The lowest BCUT2D eigenvalue weighted by Crippen LogP contribution is -2.23. The van der Waals surface area contributed by atoms with E-state index in [0.717, 1.165) is 6.42 Å². The van der Waals surface area contributed by atoms with Gasteiger partial charge in [-0.25, -0.2) is 0 Å². The SMILES string of the molecule is CC(=O)c1ccc(NC(=O)C2COC(C)C2)cc1. The van der Waals surface area contributed by atoms with Crippen LogP contribution in [0, 0.1) is 5.92 Å². The Labute approximate surface area is 106 Å². The van der Waals surface area contributed by atoms with Crippen LogP contribution in [-0.4, -0.2) is 24.4 Å². The van der Waals surface area contributed by atoms with Gasteiger partial charge in [0, 0.05) is 11.3 Å². The van der Waals surface area contributed by atoms with Gasteiger partial charge in [-0.1, -0.05) is 0 Å². The Morgan fingerprint density at radius 3 is 2.44 bits per heavy atom. The highest BCUT2D eigenvalue weighted by molar-refractivity contribution is 5.96. The smallest absolute Gasteiger partial charge is 0.229 e. The van der Waals surface area contributed by atoms with E-state index in [1.165, 1.54) is 6.92 Å². The molecule has 18 heavy (non-hydrogen) atoms. The van der Waals surface area contributed by atoms with Gasteiger partial charge >= 0.3 is 0 Å². The van der Waals surface area contributed by atoms with Crippen molar-refractivity contribution in [2.75, 3.05) is 11.9 Å². The van der Waals surface area contributed by atoms with E-state index in [2.05, 4.69) is 5.32 Å². The van der Waals surface area contributed by atoms with Gasteiger partial charge in [0.15, 0.2) is 5.78 Å². The van der Waals surface area contributed by atoms with Crippen molar-refractivity contribution in [1.82, 2.24) is 0 Å². The van der Waals surface area contributed by atoms with Crippen molar-refractivity contribution in [3.05, 3.63) is 29.8 Å². The molecule has 4 heteroatoms. The van der Waals surface area contributed by atoms with Gasteiger partial charge in [-0.3, -0.25) is 9.59 Å². The van der Waals surface area contributed by atoms with Crippen LogP contribution in [-0.2, 0) is 9.53 Å². The Bertz CT molecular complexity index is 453. The predicted octanol–water partition coefficient (Wildman–Crippen LogP) is 2.25. The molecule has 4 nitrogen and oxygen atoms in total. The quantitative estimate of drug-likeness (QED) is 0.833. The molecule has 1 aromatic rings. The number of rotatable bonds is 3. The minimum Gasteiger partial charge on any atom is -0.378 e. The summed E-state index contributed by atoms with van der Waals surface area (Å²) in [7, 11) is 0. The summed E-state index contributed by atoms with van der Waals surface area (Å²) in [6, 6.07) is 6.92. The molecule has 0 aliphatic carbocycles. The number of Topliss-reactive ketones (excluding diaryl/α,β-unsaturated/α-hetero) is 1. The summed E-state index contributed by atoms with van der Waals surface area (Å²) in [5.41, 5.74) is 1.36. The molecule has 1 saturated heterocycles. The number of nitrogens with one attached hydrogen (secondary N) is 1. The first kappa shape index (κ1) is 12.8. The van der Waals surface area contributed by atoms with Gasteiger partial charge in [0.05, 0.1) is 18.6 Å².